The van der Waals surface area contributed by atoms with Crippen molar-refractivity contribution in [2.75, 3.05) is 14.2 Å². The number of pyridine rings is 1. The van der Waals surface area contributed by atoms with Crippen LogP contribution in [-0.4, -0.2) is 19.2 Å². The summed E-state index contributed by atoms with van der Waals surface area (Å²) in [5.74, 6) is 1.10. The Kier molecular flexibility index (Phi) is 4.77. The normalized spacial score (nSPS) is 18.6. The number of nitrogens with one attached hydrogen (secondary N) is 1. The molecule has 2 aromatic carbocycles. The van der Waals surface area contributed by atoms with Crippen LogP contribution in [0.3, 0.4) is 0 Å². The molecule has 0 radical (unpaired) electrons. The molecule has 0 saturated heterocycles. The van der Waals surface area contributed by atoms with Crippen molar-refractivity contribution >= 4 is 0 Å². The number of aromatic nitrogens is 1. The predicted molar refractivity (Wildman–Crippen MR) is 102 cm³/mol. The third kappa shape index (κ3) is 3.38. The van der Waals surface area contributed by atoms with Crippen molar-refractivity contribution in [1.29, 1.82) is 0 Å². The molecule has 1 aliphatic heterocycles. The summed E-state index contributed by atoms with van der Waals surface area (Å²) in [4.78, 5) is 4.50. The minimum atomic E-state index is -0.253. The van der Waals surface area contributed by atoms with Crippen LogP contribution in [-0.2, 0) is 6.42 Å². The second-order valence-corrected chi connectivity index (χ2v) is 6.57. The van der Waals surface area contributed by atoms with Crippen molar-refractivity contribution in [3.63, 3.8) is 0 Å². The summed E-state index contributed by atoms with van der Waals surface area (Å²) in [6, 6.07) is 16.4. The highest BCUT2D eigenvalue weighted by molar-refractivity contribution is 5.52. The molecule has 3 aromatic rings. The van der Waals surface area contributed by atoms with Crippen LogP contribution in [0.15, 0.2) is 60.8 Å². The third-order valence-corrected chi connectivity index (χ3v) is 4.98. The van der Waals surface area contributed by atoms with E-state index in [4.69, 9.17) is 9.47 Å². The van der Waals surface area contributed by atoms with Gasteiger partial charge >= 0.3 is 0 Å². The summed E-state index contributed by atoms with van der Waals surface area (Å²) in [6.45, 7) is 0. The van der Waals surface area contributed by atoms with Gasteiger partial charge in [0.05, 0.1) is 32.0 Å². The topological polar surface area (TPSA) is 43.4 Å². The maximum Gasteiger partial charge on any atom is 0.161 e. The summed E-state index contributed by atoms with van der Waals surface area (Å²) in [5.41, 5.74) is 4.02. The first-order valence-electron chi connectivity index (χ1n) is 8.87. The maximum atomic E-state index is 13.9. The van der Waals surface area contributed by atoms with Crippen LogP contribution < -0.4 is 14.8 Å². The van der Waals surface area contributed by atoms with Crippen LogP contribution in [0, 0.1) is 5.82 Å². The number of hydrogen-bond acceptors (Lipinski definition) is 4. The monoisotopic (exact) mass is 364 g/mol. The molecule has 1 aromatic heterocycles. The molecule has 0 unspecified atom stereocenters. The number of hydrogen-bond donors (Lipinski definition) is 1. The van der Waals surface area contributed by atoms with E-state index in [2.05, 4.69) is 10.3 Å². The van der Waals surface area contributed by atoms with Crippen molar-refractivity contribution in [3.05, 3.63) is 89.0 Å². The van der Waals surface area contributed by atoms with E-state index in [-0.39, 0.29) is 17.9 Å². The Morgan fingerprint density at radius 2 is 1.81 bits per heavy atom. The van der Waals surface area contributed by atoms with Crippen molar-refractivity contribution in [2.24, 2.45) is 0 Å². The first-order valence-corrected chi connectivity index (χ1v) is 8.87. The number of fused-ring (bicyclic) bond motifs is 1. The quantitative estimate of drug-likeness (QED) is 0.753. The molecule has 27 heavy (non-hydrogen) atoms. The molecule has 0 aliphatic carbocycles. The zero-order chi connectivity index (χ0) is 18.8. The van der Waals surface area contributed by atoms with E-state index in [0.29, 0.717) is 11.5 Å². The largest absolute Gasteiger partial charge is 0.493 e. The van der Waals surface area contributed by atoms with Gasteiger partial charge in [-0.15, -0.1) is 0 Å². The fraction of sp³-hybridized carbons (Fsp3) is 0.227. The molecule has 0 amide bonds. The Balaban J connectivity index is 1.84. The van der Waals surface area contributed by atoms with Gasteiger partial charge in [0.2, 0.25) is 0 Å². The van der Waals surface area contributed by atoms with Gasteiger partial charge in [-0.1, -0.05) is 18.2 Å². The van der Waals surface area contributed by atoms with Gasteiger partial charge in [-0.25, -0.2) is 4.39 Å². The smallest absolute Gasteiger partial charge is 0.161 e. The van der Waals surface area contributed by atoms with Crippen LogP contribution in [0.4, 0.5) is 4.39 Å². The van der Waals surface area contributed by atoms with E-state index in [0.717, 1.165) is 28.8 Å². The standard InChI is InChI=1S/C22H21FN2O2/c1-26-20-12-15-11-19(18-8-3-4-9-24-18)25-22(17(15)13-21(20)27-2)14-6-5-7-16(23)10-14/h3-10,12-13,19,22,25H,11H2,1-2H3/t19-,22-/m0/s1. The molecule has 2 heterocycles. The second-order valence-electron chi connectivity index (χ2n) is 6.57. The highest BCUT2D eigenvalue weighted by Gasteiger charge is 2.30. The fourth-order valence-corrected chi connectivity index (χ4v) is 3.69. The SMILES string of the molecule is COc1cc2c(cc1OC)[C@H](c1cccc(F)c1)N[C@H](c1ccccn1)C2. The third-order valence-electron chi connectivity index (χ3n) is 4.98. The van der Waals surface area contributed by atoms with Crippen molar-refractivity contribution in [1.82, 2.24) is 10.3 Å². The van der Waals surface area contributed by atoms with E-state index in [1.807, 2.05) is 36.4 Å². The molecule has 5 heteroatoms. The molecule has 0 bridgehead atoms. The minimum absolute atomic E-state index is 0.0186. The summed E-state index contributed by atoms with van der Waals surface area (Å²) < 4.78 is 24.9. The Morgan fingerprint density at radius 1 is 1.00 bits per heavy atom. The molecule has 4 rings (SSSR count). The molecule has 1 aliphatic rings. The number of ether oxygens (including phenoxy) is 2. The molecule has 2 atom stereocenters. The van der Waals surface area contributed by atoms with Crippen LogP contribution in [0.1, 0.15) is 34.5 Å². The average molecular weight is 364 g/mol. The lowest BCUT2D eigenvalue weighted by Gasteiger charge is -2.34. The Hall–Kier alpha value is -2.92. The Bertz CT molecular complexity index is 946. The molecular formula is C22H21FN2O2. The molecule has 4 nitrogen and oxygen atoms in total. The van der Waals surface area contributed by atoms with E-state index in [9.17, 15) is 4.39 Å². The lowest BCUT2D eigenvalue weighted by molar-refractivity contribution is 0.350. The first-order chi connectivity index (χ1) is 13.2. The highest BCUT2D eigenvalue weighted by Crippen LogP contribution is 2.41. The van der Waals surface area contributed by atoms with E-state index >= 15 is 0 Å². The van der Waals surface area contributed by atoms with Crippen LogP contribution in [0.25, 0.3) is 0 Å². The van der Waals surface area contributed by atoms with Crippen LogP contribution >= 0.6 is 0 Å². The summed E-state index contributed by atoms with van der Waals surface area (Å²) in [7, 11) is 3.25. The summed E-state index contributed by atoms with van der Waals surface area (Å²) in [6.07, 6.45) is 2.55. The Labute approximate surface area is 158 Å². The van der Waals surface area contributed by atoms with Gasteiger partial charge in [0, 0.05) is 6.20 Å². The first kappa shape index (κ1) is 17.5. The fourth-order valence-electron chi connectivity index (χ4n) is 3.69. The Morgan fingerprint density at radius 3 is 2.52 bits per heavy atom. The highest BCUT2D eigenvalue weighted by atomic mass is 19.1. The number of benzene rings is 2. The van der Waals surface area contributed by atoms with Crippen LogP contribution in [0.5, 0.6) is 11.5 Å². The van der Waals surface area contributed by atoms with Crippen molar-refractivity contribution < 1.29 is 13.9 Å². The zero-order valence-corrected chi connectivity index (χ0v) is 15.3. The molecule has 0 spiro atoms. The maximum absolute atomic E-state index is 13.9. The predicted octanol–water partition coefficient (Wildman–Crippen LogP) is 4.21. The van der Waals surface area contributed by atoms with Crippen LogP contribution in [0.2, 0.25) is 0 Å². The van der Waals surface area contributed by atoms with Gasteiger partial charge in [-0.2, -0.15) is 0 Å². The molecule has 0 saturated carbocycles. The number of rotatable bonds is 4. The molecular weight excluding hydrogens is 343 g/mol. The number of nitrogens with zero attached hydrogens (tertiary/aromatic N) is 1. The molecule has 0 fully saturated rings. The molecule has 1 N–H and O–H groups in total. The van der Waals surface area contributed by atoms with E-state index in [1.54, 1.807) is 32.5 Å². The van der Waals surface area contributed by atoms with E-state index in [1.165, 1.54) is 6.07 Å². The van der Waals surface area contributed by atoms with Gasteiger partial charge in [0.25, 0.3) is 0 Å². The van der Waals surface area contributed by atoms with E-state index < -0.39 is 0 Å². The van der Waals surface area contributed by atoms with Gasteiger partial charge in [0.15, 0.2) is 11.5 Å². The van der Waals surface area contributed by atoms with Crippen molar-refractivity contribution in [2.45, 2.75) is 18.5 Å². The van der Waals surface area contributed by atoms with Gasteiger partial charge in [-0.05, 0) is 59.5 Å². The summed E-state index contributed by atoms with van der Waals surface area (Å²) in [5, 5.41) is 3.63. The lowest BCUT2D eigenvalue weighted by atomic mass is 9.85. The number of halogens is 1. The summed E-state index contributed by atoms with van der Waals surface area (Å²) >= 11 is 0. The van der Waals surface area contributed by atoms with Gasteiger partial charge < -0.3 is 9.47 Å². The molecule has 138 valence electrons. The number of methoxy groups -OCH3 is 2. The van der Waals surface area contributed by atoms with Crippen molar-refractivity contribution in [3.8, 4) is 11.5 Å². The second kappa shape index (κ2) is 7.37. The van der Waals surface area contributed by atoms with Gasteiger partial charge in [0.1, 0.15) is 5.82 Å². The average Bonchev–Trinajstić information content (AvgIpc) is 2.72. The lowest BCUT2D eigenvalue weighted by Crippen LogP contribution is -2.34. The zero-order valence-electron chi connectivity index (χ0n) is 15.3. The minimum Gasteiger partial charge on any atom is -0.493 e. The van der Waals surface area contributed by atoms with Gasteiger partial charge in [-0.3, -0.25) is 10.3 Å².